The molecule has 0 saturated heterocycles. The van der Waals surface area contributed by atoms with Crippen molar-refractivity contribution in [1.29, 1.82) is 0 Å². The molecular weight excluding hydrogens is 260 g/mol. The number of nitrogens with one attached hydrogen (secondary N) is 1. The largest absolute Gasteiger partial charge is 0.494 e. The Morgan fingerprint density at radius 2 is 1.85 bits per heavy atom. The van der Waals surface area contributed by atoms with E-state index in [9.17, 15) is 8.78 Å². The lowest BCUT2D eigenvalue weighted by atomic mass is 10.0. The fraction of sp³-hybridized carbons (Fsp3) is 0.250. The van der Waals surface area contributed by atoms with E-state index in [2.05, 4.69) is 5.32 Å². The van der Waals surface area contributed by atoms with Crippen molar-refractivity contribution in [3.05, 3.63) is 53.6 Å². The highest BCUT2D eigenvalue weighted by molar-refractivity contribution is 5.66. The molecule has 2 rings (SSSR count). The Hall–Kier alpha value is -1.94. The Morgan fingerprint density at radius 1 is 1.05 bits per heavy atom. The summed E-state index contributed by atoms with van der Waals surface area (Å²) in [5.41, 5.74) is 1.85. The van der Waals surface area contributed by atoms with E-state index in [1.54, 1.807) is 18.2 Å². The molecule has 0 aliphatic heterocycles. The number of halogens is 2. The van der Waals surface area contributed by atoms with Crippen molar-refractivity contribution in [2.45, 2.75) is 13.5 Å². The van der Waals surface area contributed by atoms with E-state index in [4.69, 9.17) is 4.74 Å². The van der Waals surface area contributed by atoms with Gasteiger partial charge in [0.05, 0.1) is 7.11 Å². The molecule has 0 unspecified atom stereocenters. The van der Waals surface area contributed by atoms with Crippen molar-refractivity contribution in [2.75, 3.05) is 13.7 Å². The molecule has 2 nitrogen and oxygen atoms in total. The highest BCUT2D eigenvalue weighted by Gasteiger charge is 2.10. The van der Waals surface area contributed by atoms with Crippen LogP contribution in [0.4, 0.5) is 8.78 Å². The van der Waals surface area contributed by atoms with Crippen molar-refractivity contribution in [3.63, 3.8) is 0 Å². The Balaban J connectivity index is 2.38. The first kappa shape index (κ1) is 14.5. The topological polar surface area (TPSA) is 21.3 Å². The SMILES string of the molecule is CCNCc1ccc(F)c(-c2ccc(OC)c(F)c2)c1. The third-order valence-corrected chi connectivity index (χ3v) is 3.07. The van der Waals surface area contributed by atoms with Crippen molar-refractivity contribution in [1.82, 2.24) is 5.32 Å². The lowest BCUT2D eigenvalue weighted by molar-refractivity contribution is 0.386. The molecule has 0 spiro atoms. The molecule has 0 aliphatic carbocycles. The summed E-state index contributed by atoms with van der Waals surface area (Å²) in [4.78, 5) is 0. The Kier molecular flexibility index (Phi) is 4.69. The molecule has 0 fully saturated rings. The van der Waals surface area contributed by atoms with Gasteiger partial charge in [-0.1, -0.05) is 19.1 Å². The fourth-order valence-electron chi connectivity index (χ4n) is 2.01. The van der Waals surface area contributed by atoms with Gasteiger partial charge in [0, 0.05) is 12.1 Å². The Labute approximate surface area is 117 Å². The van der Waals surface area contributed by atoms with Crippen LogP contribution in [-0.2, 0) is 6.54 Å². The minimum atomic E-state index is -0.499. The second kappa shape index (κ2) is 6.48. The van der Waals surface area contributed by atoms with Gasteiger partial charge in [-0.3, -0.25) is 0 Å². The van der Waals surface area contributed by atoms with Crippen LogP contribution in [0, 0.1) is 11.6 Å². The second-order valence-electron chi connectivity index (χ2n) is 4.44. The van der Waals surface area contributed by atoms with Crippen LogP contribution in [-0.4, -0.2) is 13.7 Å². The van der Waals surface area contributed by atoms with E-state index in [1.165, 1.54) is 25.3 Å². The molecule has 20 heavy (non-hydrogen) atoms. The van der Waals surface area contributed by atoms with Crippen LogP contribution in [0.5, 0.6) is 5.75 Å². The summed E-state index contributed by atoms with van der Waals surface area (Å²) >= 11 is 0. The summed E-state index contributed by atoms with van der Waals surface area (Å²) < 4.78 is 32.5. The molecule has 0 atom stereocenters. The lowest BCUT2D eigenvalue weighted by Gasteiger charge is -2.09. The standard InChI is InChI=1S/C16H17F2NO/c1-3-19-10-11-4-6-14(17)13(8-11)12-5-7-16(20-2)15(18)9-12/h4-9,19H,3,10H2,1-2H3. The molecule has 2 aromatic carbocycles. The third-order valence-electron chi connectivity index (χ3n) is 3.07. The quantitative estimate of drug-likeness (QED) is 0.898. The molecule has 0 amide bonds. The van der Waals surface area contributed by atoms with Gasteiger partial charge in [-0.05, 0) is 41.9 Å². The molecule has 2 aromatic rings. The van der Waals surface area contributed by atoms with Gasteiger partial charge in [0.25, 0.3) is 0 Å². The summed E-state index contributed by atoms with van der Waals surface area (Å²) in [5.74, 6) is -0.714. The predicted molar refractivity (Wildman–Crippen MR) is 75.7 cm³/mol. The normalized spacial score (nSPS) is 10.6. The lowest BCUT2D eigenvalue weighted by Crippen LogP contribution is -2.11. The molecule has 4 heteroatoms. The van der Waals surface area contributed by atoms with Crippen molar-refractivity contribution in [2.24, 2.45) is 0 Å². The predicted octanol–water partition coefficient (Wildman–Crippen LogP) is 3.75. The zero-order valence-corrected chi connectivity index (χ0v) is 11.5. The van der Waals surface area contributed by atoms with Crippen LogP contribution in [0.3, 0.4) is 0 Å². The van der Waals surface area contributed by atoms with E-state index < -0.39 is 5.82 Å². The molecule has 0 heterocycles. The van der Waals surface area contributed by atoms with Gasteiger partial charge in [0.1, 0.15) is 5.82 Å². The smallest absolute Gasteiger partial charge is 0.165 e. The number of benzene rings is 2. The van der Waals surface area contributed by atoms with Crippen LogP contribution in [0.2, 0.25) is 0 Å². The third kappa shape index (κ3) is 3.14. The van der Waals surface area contributed by atoms with E-state index in [-0.39, 0.29) is 11.6 Å². The Bertz CT molecular complexity index is 599. The van der Waals surface area contributed by atoms with Gasteiger partial charge in [0.15, 0.2) is 11.6 Å². The average Bonchev–Trinajstić information content (AvgIpc) is 2.46. The molecule has 0 aromatic heterocycles. The highest BCUT2D eigenvalue weighted by atomic mass is 19.1. The van der Waals surface area contributed by atoms with Crippen LogP contribution < -0.4 is 10.1 Å². The molecule has 1 N–H and O–H groups in total. The van der Waals surface area contributed by atoms with Gasteiger partial charge < -0.3 is 10.1 Å². The van der Waals surface area contributed by atoms with E-state index in [0.29, 0.717) is 17.7 Å². The summed E-state index contributed by atoms with van der Waals surface area (Å²) in [5, 5.41) is 3.18. The monoisotopic (exact) mass is 277 g/mol. The maximum Gasteiger partial charge on any atom is 0.165 e. The molecular formula is C16H17F2NO. The van der Waals surface area contributed by atoms with Crippen LogP contribution >= 0.6 is 0 Å². The van der Waals surface area contributed by atoms with Crippen molar-refractivity contribution < 1.29 is 13.5 Å². The average molecular weight is 277 g/mol. The highest BCUT2D eigenvalue weighted by Crippen LogP contribution is 2.28. The summed E-state index contributed by atoms with van der Waals surface area (Å²) in [6, 6.07) is 9.30. The molecule has 0 radical (unpaired) electrons. The van der Waals surface area contributed by atoms with E-state index >= 15 is 0 Å². The molecule has 0 aliphatic rings. The van der Waals surface area contributed by atoms with Crippen LogP contribution in [0.15, 0.2) is 36.4 Å². The first-order chi connectivity index (χ1) is 9.65. The molecule has 0 bridgehead atoms. The van der Waals surface area contributed by atoms with Gasteiger partial charge in [-0.15, -0.1) is 0 Å². The van der Waals surface area contributed by atoms with Crippen molar-refractivity contribution >= 4 is 0 Å². The maximum absolute atomic E-state index is 13.9. The summed E-state index contributed by atoms with van der Waals surface area (Å²) in [7, 11) is 1.40. The van der Waals surface area contributed by atoms with Gasteiger partial charge in [-0.25, -0.2) is 8.78 Å². The van der Waals surface area contributed by atoms with Crippen LogP contribution in [0.1, 0.15) is 12.5 Å². The number of hydrogen-bond acceptors (Lipinski definition) is 2. The molecule has 106 valence electrons. The van der Waals surface area contributed by atoms with E-state index in [0.717, 1.165) is 12.1 Å². The maximum atomic E-state index is 13.9. The number of rotatable bonds is 5. The molecule has 0 saturated carbocycles. The van der Waals surface area contributed by atoms with Gasteiger partial charge in [-0.2, -0.15) is 0 Å². The zero-order valence-electron chi connectivity index (χ0n) is 11.5. The Morgan fingerprint density at radius 3 is 2.50 bits per heavy atom. The van der Waals surface area contributed by atoms with Crippen molar-refractivity contribution in [3.8, 4) is 16.9 Å². The minimum Gasteiger partial charge on any atom is -0.494 e. The number of methoxy groups -OCH3 is 1. The summed E-state index contributed by atoms with van der Waals surface area (Å²) in [6.07, 6.45) is 0. The summed E-state index contributed by atoms with van der Waals surface area (Å²) in [6.45, 7) is 3.50. The number of ether oxygens (including phenoxy) is 1. The fourth-order valence-corrected chi connectivity index (χ4v) is 2.01. The van der Waals surface area contributed by atoms with Gasteiger partial charge in [0.2, 0.25) is 0 Å². The number of hydrogen-bond donors (Lipinski definition) is 1. The zero-order chi connectivity index (χ0) is 14.5. The minimum absolute atomic E-state index is 0.151. The first-order valence-electron chi connectivity index (χ1n) is 6.48. The van der Waals surface area contributed by atoms with Crippen LogP contribution in [0.25, 0.3) is 11.1 Å². The van der Waals surface area contributed by atoms with E-state index in [1.807, 2.05) is 6.92 Å². The second-order valence-corrected chi connectivity index (χ2v) is 4.44. The van der Waals surface area contributed by atoms with Gasteiger partial charge >= 0.3 is 0 Å². The first-order valence-corrected chi connectivity index (χ1v) is 6.48.